The van der Waals surface area contributed by atoms with Gasteiger partial charge >= 0.3 is 6.18 Å². The highest BCUT2D eigenvalue weighted by Crippen LogP contribution is 2.28. The maximum atomic E-state index is 14.2. The summed E-state index contributed by atoms with van der Waals surface area (Å²) in [5.41, 5.74) is -1.75. The third-order valence-electron chi connectivity index (χ3n) is 4.89. The third-order valence-corrected chi connectivity index (χ3v) is 6.78. The number of nitriles is 1. The van der Waals surface area contributed by atoms with Crippen LogP contribution in [-0.2, 0) is 14.8 Å². The van der Waals surface area contributed by atoms with Crippen molar-refractivity contribution in [2.45, 2.75) is 35.7 Å². The van der Waals surface area contributed by atoms with Crippen molar-refractivity contribution in [3.63, 3.8) is 0 Å². The molecule has 0 aliphatic carbocycles. The fourth-order valence-electron chi connectivity index (χ4n) is 3.25. The van der Waals surface area contributed by atoms with Crippen LogP contribution in [0.5, 0.6) is 0 Å². The first-order chi connectivity index (χ1) is 16.8. The van der Waals surface area contributed by atoms with Gasteiger partial charge in [-0.15, -0.1) is 0 Å². The molecule has 1 unspecified atom stereocenters. The number of allylic oxidation sites excluding steroid dienone is 1. The molecule has 0 saturated carbocycles. The molecule has 8 nitrogen and oxygen atoms in total. The van der Waals surface area contributed by atoms with E-state index >= 15 is 0 Å². The van der Waals surface area contributed by atoms with Crippen LogP contribution in [0.4, 0.5) is 22.0 Å². The fourth-order valence-corrected chi connectivity index (χ4v) is 4.88. The molecular weight excluding hydrogens is 509 g/mol. The molecule has 0 aromatic heterocycles. The number of nitrogens with one attached hydrogen (secondary N) is 1. The molecule has 1 heterocycles. The van der Waals surface area contributed by atoms with Crippen molar-refractivity contribution in [3.05, 3.63) is 66.8 Å². The molecule has 192 valence electrons. The Morgan fingerprint density at radius 2 is 1.94 bits per heavy atom. The van der Waals surface area contributed by atoms with Crippen LogP contribution in [0, 0.1) is 17.1 Å². The second kappa shape index (κ2) is 11.8. The zero-order valence-corrected chi connectivity index (χ0v) is 19.3. The first kappa shape index (κ1) is 28.5. The van der Waals surface area contributed by atoms with E-state index in [2.05, 4.69) is 28.6 Å². The minimum Gasteiger partial charge on any atom is -0.344 e. The molecule has 0 spiro atoms. The van der Waals surface area contributed by atoms with Gasteiger partial charge < -0.3 is 5.32 Å². The smallest absolute Gasteiger partial charge is 0.344 e. The number of rotatable bonds is 9. The van der Waals surface area contributed by atoms with E-state index in [9.17, 15) is 40.4 Å². The normalized spacial score (nSPS) is 20.7. The van der Waals surface area contributed by atoms with Gasteiger partial charge in [0, 0.05) is 25.4 Å². The summed E-state index contributed by atoms with van der Waals surface area (Å²) in [7, 11) is -4.45. The van der Waals surface area contributed by atoms with Gasteiger partial charge in [0.15, 0.2) is 0 Å². The van der Waals surface area contributed by atoms with Crippen LogP contribution < -0.4 is 5.32 Å². The number of benzene rings is 1. The van der Waals surface area contributed by atoms with Gasteiger partial charge in [-0.05, 0) is 37.1 Å². The molecule has 36 heavy (non-hydrogen) atoms. The Kier molecular flexibility index (Phi) is 9.37. The van der Waals surface area contributed by atoms with Crippen molar-refractivity contribution < 1.29 is 35.2 Å². The molecule has 1 aliphatic heterocycles. The predicted octanol–water partition coefficient (Wildman–Crippen LogP) is 3.22. The number of amides is 1. The quantitative estimate of drug-likeness (QED) is 0.301. The monoisotopic (exact) mass is 529 g/mol. The van der Waals surface area contributed by atoms with E-state index in [4.69, 9.17) is 0 Å². The Labute approximate surface area is 203 Å². The van der Waals surface area contributed by atoms with Gasteiger partial charge in [0.1, 0.15) is 23.7 Å². The second-order valence-electron chi connectivity index (χ2n) is 7.30. The van der Waals surface area contributed by atoms with E-state index in [1.807, 2.05) is 0 Å². The van der Waals surface area contributed by atoms with Crippen molar-refractivity contribution in [1.29, 1.82) is 5.26 Å². The number of halogens is 5. The van der Waals surface area contributed by atoms with E-state index in [0.717, 1.165) is 36.5 Å². The van der Waals surface area contributed by atoms with Gasteiger partial charge in [-0.2, -0.15) is 22.7 Å². The average molecular weight is 529 g/mol. The SMILES string of the molecule is C=CN=C(/C=C\C(NC(=O)[C@@H]1C[C@@H](F)CN1S(=O)(=O)c1ccc(F)cc1)/C(C#N)=C\N=C)C(F)(F)F. The Morgan fingerprint density at radius 3 is 2.47 bits per heavy atom. The summed E-state index contributed by atoms with van der Waals surface area (Å²) in [6.45, 7) is 5.56. The Hall–Kier alpha value is -3.70. The molecule has 1 saturated heterocycles. The summed E-state index contributed by atoms with van der Waals surface area (Å²) in [6, 6.07) is 2.16. The van der Waals surface area contributed by atoms with Crippen molar-refractivity contribution in [3.8, 4) is 6.07 Å². The molecule has 1 aromatic rings. The van der Waals surface area contributed by atoms with Crippen molar-refractivity contribution in [2.75, 3.05) is 6.54 Å². The van der Waals surface area contributed by atoms with E-state index in [0.29, 0.717) is 16.6 Å². The third kappa shape index (κ3) is 6.92. The fraction of sp³-hybridized carbons (Fsp3) is 0.273. The van der Waals surface area contributed by atoms with Gasteiger partial charge in [-0.3, -0.25) is 14.8 Å². The van der Waals surface area contributed by atoms with Crippen molar-refractivity contribution >= 4 is 28.4 Å². The van der Waals surface area contributed by atoms with Crippen LogP contribution >= 0.6 is 0 Å². The molecule has 1 amide bonds. The number of carbonyl (C=O) groups is 1. The summed E-state index contributed by atoms with van der Waals surface area (Å²) in [5.74, 6) is -1.80. The number of hydrogen-bond donors (Lipinski definition) is 1. The average Bonchev–Trinajstić information content (AvgIpc) is 3.21. The molecule has 1 aromatic carbocycles. The molecule has 1 fully saturated rings. The Morgan fingerprint density at radius 1 is 1.31 bits per heavy atom. The van der Waals surface area contributed by atoms with Crippen LogP contribution in [0.1, 0.15) is 6.42 Å². The highest BCUT2D eigenvalue weighted by molar-refractivity contribution is 7.89. The number of hydrogen-bond acceptors (Lipinski definition) is 6. The Bertz CT molecular complexity index is 1230. The molecule has 1 aliphatic rings. The topological polar surface area (TPSA) is 115 Å². The highest BCUT2D eigenvalue weighted by atomic mass is 32.2. The van der Waals surface area contributed by atoms with Crippen molar-refractivity contribution in [1.82, 2.24) is 9.62 Å². The van der Waals surface area contributed by atoms with Crippen LogP contribution in [0.15, 0.2) is 75.8 Å². The van der Waals surface area contributed by atoms with Gasteiger partial charge in [-0.1, -0.05) is 12.7 Å². The number of nitrogens with zero attached hydrogens (tertiary/aromatic N) is 4. The van der Waals surface area contributed by atoms with Gasteiger partial charge in [0.05, 0.1) is 22.6 Å². The zero-order chi connectivity index (χ0) is 27.1. The van der Waals surface area contributed by atoms with E-state index in [1.54, 1.807) is 6.07 Å². The lowest BCUT2D eigenvalue weighted by molar-refractivity contribution is -0.124. The largest absolute Gasteiger partial charge is 0.433 e. The maximum Gasteiger partial charge on any atom is 0.433 e. The maximum absolute atomic E-state index is 14.2. The molecule has 0 bridgehead atoms. The molecule has 1 N–H and O–H groups in total. The Balaban J connectivity index is 2.41. The van der Waals surface area contributed by atoms with Gasteiger partial charge in [0.2, 0.25) is 15.9 Å². The summed E-state index contributed by atoms with van der Waals surface area (Å²) in [5, 5.41) is 11.6. The van der Waals surface area contributed by atoms with Gasteiger partial charge in [-0.25, -0.2) is 17.2 Å². The van der Waals surface area contributed by atoms with E-state index in [1.165, 1.54) is 0 Å². The first-order valence-corrected chi connectivity index (χ1v) is 11.5. The lowest BCUT2D eigenvalue weighted by atomic mass is 10.1. The second-order valence-corrected chi connectivity index (χ2v) is 9.19. The number of carbonyl (C=O) groups excluding carboxylic acids is 1. The summed E-state index contributed by atoms with van der Waals surface area (Å²) in [4.78, 5) is 19.1. The molecule has 14 heteroatoms. The predicted molar refractivity (Wildman–Crippen MR) is 122 cm³/mol. The van der Waals surface area contributed by atoms with Crippen LogP contribution in [0.25, 0.3) is 0 Å². The van der Waals surface area contributed by atoms with Crippen molar-refractivity contribution in [2.24, 2.45) is 9.98 Å². The minimum absolute atomic E-state index is 0.350. The first-order valence-electron chi connectivity index (χ1n) is 10.1. The summed E-state index contributed by atoms with van der Waals surface area (Å²) in [6.07, 6.45) is -4.38. The van der Waals surface area contributed by atoms with Crippen LogP contribution in [0.3, 0.4) is 0 Å². The minimum atomic E-state index is -4.89. The summed E-state index contributed by atoms with van der Waals surface area (Å²) >= 11 is 0. The lowest BCUT2D eigenvalue weighted by Crippen LogP contribution is -2.48. The molecule has 0 radical (unpaired) electrons. The number of aliphatic imine (C=N–C) groups is 2. The standard InChI is InChI=1S/C22H20F5N5O3S/c1-3-30-20(22(25,26)27)9-8-18(14(11-28)12-29-2)31-21(33)19-10-16(24)13-32(19)36(34,35)17-6-4-15(23)5-7-17/h3-9,12,16,18-19H,1-2,10,13H2,(H,31,33)/b9-8-,14-12-,30-20?/t16-,18?,19+/m1/s1. The summed E-state index contributed by atoms with van der Waals surface area (Å²) < 4.78 is 93.4. The molecule has 3 atom stereocenters. The zero-order valence-electron chi connectivity index (χ0n) is 18.5. The molecular formula is C22H20F5N5O3S. The van der Waals surface area contributed by atoms with Crippen LogP contribution in [0.2, 0.25) is 0 Å². The van der Waals surface area contributed by atoms with Gasteiger partial charge in [0.25, 0.3) is 0 Å². The van der Waals surface area contributed by atoms with E-state index in [-0.39, 0.29) is 5.57 Å². The lowest BCUT2D eigenvalue weighted by Gasteiger charge is -2.25. The molecule has 2 rings (SSSR count). The highest BCUT2D eigenvalue weighted by Gasteiger charge is 2.44. The number of sulfonamides is 1. The van der Waals surface area contributed by atoms with E-state index < -0.39 is 69.8 Å². The number of alkyl halides is 4. The van der Waals surface area contributed by atoms with Crippen LogP contribution in [-0.4, -0.2) is 62.0 Å².